The zero-order valence-corrected chi connectivity index (χ0v) is 23.2. The summed E-state index contributed by atoms with van der Waals surface area (Å²) in [4.78, 5) is 40.3. The Bertz CT molecular complexity index is 1170. The van der Waals surface area contributed by atoms with Crippen LogP contribution in [0, 0.1) is 5.82 Å². The first-order valence-corrected chi connectivity index (χ1v) is 13.9. The second kappa shape index (κ2) is 11.0. The number of carbonyl (C=O) groups excluding carboxylic acids is 1. The van der Waals surface area contributed by atoms with E-state index in [9.17, 15) is 19.1 Å². The van der Waals surface area contributed by atoms with E-state index in [1.54, 1.807) is 38.1 Å². The van der Waals surface area contributed by atoms with Crippen LogP contribution in [0.25, 0.3) is 0 Å². The third-order valence-electron chi connectivity index (χ3n) is 6.89. The summed E-state index contributed by atoms with van der Waals surface area (Å²) in [5.41, 5.74) is 1.95. The summed E-state index contributed by atoms with van der Waals surface area (Å²) < 4.78 is 14.2. The van der Waals surface area contributed by atoms with Gasteiger partial charge in [-0.1, -0.05) is 24.6 Å². The molecule has 0 saturated carbocycles. The van der Waals surface area contributed by atoms with Crippen molar-refractivity contribution in [1.29, 1.82) is 0 Å². The second-order valence-electron chi connectivity index (χ2n) is 10.4. The van der Waals surface area contributed by atoms with Crippen LogP contribution in [0.4, 0.5) is 15.0 Å². The predicted octanol–water partition coefficient (Wildman–Crippen LogP) is 5.01. The first-order chi connectivity index (χ1) is 17.5. The topological polar surface area (TPSA) is 89.9 Å². The molecule has 2 aromatic rings. The normalized spacial score (nSPS) is 18.5. The molecule has 11 heteroatoms. The molecular weight excluding hydrogens is 517 g/mol. The number of hydrogen-bond donors (Lipinski definition) is 1. The number of amides is 2. The zero-order valence-electron chi connectivity index (χ0n) is 21.6. The fraction of sp³-hybridized carbons (Fsp3) is 0.538. The average Bonchev–Trinajstić information content (AvgIpc) is 3.28. The van der Waals surface area contributed by atoms with Crippen LogP contribution in [-0.4, -0.2) is 74.6 Å². The minimum atomic E-state index is -1.20. The molecule has 0 bridgehead atoms. The van der Waals surface area contributed by atoms with Crippen molar-refractivity contribution in [2.45, 2.75) is 63.1 Å². The standard InChI is InChI=1S/C26H33ClFN5O3S/c1-5-21-22-19(14-37-21)29-15-30-23(22)31-8-10-32(11-9-31)24(34)20(33(25(35)36)26(2,3)4)13-16-6-7-17(27)18(28)12-16/h6-7,12,15,20-21H,5,8-11,13-14H2,1-4H3,(H,35,36)/t20?,21-/m1/s1. The Balaban J connectivity index is 1.55. The second-order valence-corrected chi connectivity index (χ2v) is 12.0. The van der Waals surface area contributed by atoms with Crippen LogP contribution in [0.1, 0.15) is 56.2 Å². The molecule has 1 aromatic heterocycles. The van der Waals surface area contributed by atoms with Gasteiger partial charge in [0.1, 0.15) is 24.0 Å². The highest BCUT2D eigenvalue weighted by Gasteiger charge is 2.40. The zero-order chi connectivity index (χ0) is 26.9. The molecule has 2 amide bonds. The van der Waals surface area contributed by atoms with Gasteiger partial charge in [-0.2, -0.15) is 0 Å². The lowest BCUT2D eigenvalue weighted by atomic mass is 9.97. The van der Waals surface area contributed by atoms with Crippen LogP contribution in [0.2, 0.25) is 5.02 Å². The molecule has 4 rings (SSSR count). The lowest BCUT2D eigenvalue weighted by molar-refractivity contribution is -0.138. The smallest absolute Gasteiger partial charge is 0.408 e. The fourth-order valence-corrected chi connectivity index (χ4v) is 6.47. The summed E-state index contributed by atoms with van der Waals surface area (Å²) >= 11 is 7.71. The van der Waals surface area contributed by atoms with Crippen LogP contribution < -0.4 is 4.90 Å². The van der Waals surface area contributed by atoms with E-state index in [1.807, 2.05) is 11.8 Å². The van der Waals surface area contributed by atoms with Gasteiger partial charge in [-0.25, -0.2) is 19.2 Å². The maximum Gasteiger partial charge on any atom is 0.408 e. The Morgan fingerprint density at radius 1 is 1.24 bits per heavy atom. The van der Waals surface area contributed by atoms with E-state index in [-0.39, 0.29) is 17.4 Å². The van der Waals surface area contributed by atoms with Gasteiger partial charge in [0, 0.05) is 54.7 Å². The number of halogens is 2. The van der Waals surface area contributed by atoms with Gasteiger partial charge in [0.2, 0.25) is 5.91 Å². The Morgan fingerprint density at radius 3 is 2.54 bits per heavy atom. The molecule has 1 saturated heterocycles. The monoisotopic (exact) mass is 549 g/mol. The fourth-order valence-electron chi connectivity index (χ4n) is 5.12. The first kappa shape index (κ1) is 27.4. The van der Waals surface area contributed by atoms with E-state index in [2.05, 4.69) is 21.8 Å². The quantitative estimate of drug-likeness (QED) is 0.542. The molecule has 0 spiro atoms. The maximum atomic E-state index is 14.2. The summed E-state index contributed by atoms with van der Waals surface area (Å²) in [5.74, 6) is 0.927. The van der Waals surface area contributed by atoms with Crippen LogP contribution in [-0.2, 0) is 17.0 Å². The first-order valence-electron chi connectivity index (χ1n) is 12.5. The number of thioether (sulfide) groups is 1. The molecule has 2 aliphatic heterocycles. The van der Waals surface area contributed by atoms with Gasteiger partial charge in [0.25, 0.3) is 0 Å². The highest BCUT2D eigenvalue weighted by atomic mass is 35.5. The molecule has 8 nitrogen and oxygen atoms in total. The van der Waals surface area contributed by atoms with E-state index in [0.717, 1.165) is 23.7 Å². The highest BCUT2D eigenvalue weighted by molar-refractivity contribution is 7.99. The molecule has 1 unspecified atom stereocenters. The van der Waals surface area contributed by atoms with Crippen molar-refractivity contribution >= 4 is 41.2 Å². The molecule has 1 aromatic carbocycles. The molecule has 1 fully saturated rings. The van der Waals surface area contributed by atoms with E-state index in [4.69, 9.17) is 11.6 Å². The molecule has 1 N–H and O–H groups in total. The van der Waals surface area contributed by atoms with Crippen LogP contribution in [0.15, 0.2) is 24.5 Å². The predicted molar refractivity (Wildman–Crippen MR) is 144 cm³/mol. The van der Waals surface area contributed by atoms with Crippen molar-refractivity contribution in [3.05, 3.63) is 52.2 Å². The maximum absolute atomic E-state index is 14.2. The number of hydrogen-bond acceptors (Lipinski definition) is 6. The largest absolute Gasteiger partial charge is 0.465 e. The van der Waals surface area contributed by atoms with Crippen molar-refractivity contribution in [2.24, 2.45) is 0 Å². The number of rotatable bonds is 6. The average molecular weight is 550 g/mol. The summed E-state index contributed by atoms with van der Waals surface area (Å²) in [5, 5.41) is 10.4. The van der Waals surface area contributed by atoms with Gasteiger partial charge in [-0.3, -0.25) is 9.69 Å². The number of piperazine rings is 1. The summed E-state index contributed by atoms with van der Waals surface area (Å²) in [6.07, 6.45) is 1.46. The van der Waals surface area contributed by atoms with Crippen LogP contribution in [0.3, 0.4) is 0 Å². The summed E-state index contributed by atoms with van der Waals surface area (Å²) in [7, 11) is 0. The third-order valence-corrected chi connectivity index (χ3v) is 8.61. The molecule has 0 radical (unpaired) electrons. The molecule has 37 heavy (non-hydrogen) atoms. The number of aromatic nitrogens is 2. The molecular formula is C26H33ClFN5O3S. The Kier molecular flexibility index (Phi) is 8.18. The Morgan fingerprint density at radius 2 is 1.95 bits per heavy atom. The van der Waals surface area contributed by atoms with Crippen molar-refractivity contribution in [3.8, 4) is 0 Å². The highest BCUT2D eigenvalue weighted by Crippen LogP contribution is 2.46. The van der Waals surface area contributed by atoms with Crippen molar-refractivity contribution in [2.75, 3.05) is 31.1 Å². The van der Waals surface area contributed by atoms with E-state index in [0.29, 0.717) is 37.0 Å². The van der Waals surface area contributed by atoms with Gasteiger partial charge in [0.05, 0.1) is 10.7 Å². The number of anilines is 1. The lowest BCUT2D eigenvalue weighted by Gasteiger charge is -2.43. The van der Waals surface area contributed by atoms with Crippen LogP contribution >= 0.6 is 23.4 Å². The molecule has 0 aliphatic carbocycles. The van der Waals surface area contributed by atoms with E-state index < -0.39 is 23.5 Å². The Hall–Kier alpha value is -2.59. The number of carbonyl (C=O) groups is 2. The van der Waals surface area contributed by atoms with Gasteiger partial charge in [-0.15, -0.1) is 11.8 Å². The summed E-state index contributed by atoms with van der Waals surface area (Å²) in [6.45, 7) is 9.45. The SMILES string of the molecule is CC[C@H]1SCc2ncnc(N3CCN(C(=O)C(Cc4ccc(Cl)c(F)c4)N(C(=O)O)C(C)(C)C)CC3)c21. The van der Waals surface area contributed by atoms with Crippen molar-refractivity contribution in [1.82, 2.24) is 19.8 Å². The van der Waals surface area contributed by atoms with Crippen LogP contribution in [0.5, 0.6) is 0 Å². The minimum Gasteiger partial charge on any atom is -0.465 e. The van der Waals surface area contributed by atoms with Gasteiger partial charge < -0.3 is 14.9 Å². The number of nitrogens with zero attached hydrogens (tertiary/aromatic N) is 5. The van der Waals surface area contributed by atoms with E-state index >= 15 is 0 Å². The lowest BCUT2D eigenvalue weighted by Crippen LogP contribution is -2.60. The Labute approximate surface area is 226 Å². The summed E-state index contributed by atoms with van der Waals surface area (Å²) in [6, 6.07) is 3.32. The van der Waals surface area contributed by atoms with Gasteiger partial charge >= 0.3 is 6.09 Å². The number of fused-ring (bicyclic) bond motifs is 1. The number of carboxylic acid groups (broad SMARTS) is 1. The number of benzene rings is 1. The molecule has 3 heterocycles. The van der Waals surface area contributed by atoms with E-state index in [1.165, 1.54) is 22.6 Å². The molecule has 200 valence electrons. The van der Waals surface area contributed by atoms with Crippen molar-refractivity contribution < 1.29 is 19.1 Å². The third kappa shape index (κ3) is 5.80. The molecule has 2 atom stereocenters. The van der Waals surface area contributed by atoms with Gasteiger partial charge in [-0.05, 0) is 44.9 Å². The minimum absolute atomic E-state index is 0.0198. The van der Waals surface area contributed by atoms with Crippen molar-refractivity contribution in [3.63, 3.8) is 0 Å². The van der Waals surface area contributed by atoms with Gasteiger partial charge in [0.15, 0.2) is 0 Å². The molecule has 2 aliphatic rings.